The Morgan fingerprint density at radius 3 is 2.74 bits per heavy atom. The summed E-state index contributed by atoms with van der Waals surface area (Å²) in [4.78, 5) is 11.6. The predicted octanol–water partition coefficient (Wildman–Crippen LogP) is 0.872. The van der Waals surface area contributed by atoms with Crippen LogP contribution in [-0.2, 0) is 6.54 Å². The Bertz CT molecular complexity index is 513. The van der Waals surface area contributed by atoms with E-state index in [4.69, 9.17) is 5.11 Å². The van der Waals surface area contributed by atoms with E-state index in [0.29, 0.717) is 12.1 Å². The van der Waals surface area contributed by atoms with Crippen LogP contribution in [-0.4, -0.2) is 33.8 Å². The lowest BCUT2D eigenvalue weighted by atomic mass is 10.2. The molecule has 100 valence electrons. The lowest BCUT2D eigenvalue weighted by Gasteiger charge is -2.06. The first kappa shape index (κ1) is 13.4. The normalized spacial score (nSPS) is 10.2. The van der Waals surface area contributed by atoms with Crippen molar-refractivity contribution in [1.29, 1.82) is 0 Å². The van der Waals surface area contributed by atoms with Gasteiger partial charge in [-0.15, -0.1) is 5.10 Å². The van der Waals surface area contributed by atoms with E-state index in [0.717, 1.165) is 11.4 Å². The standard InChI is InChI=1S/C12H14N4O2S/c17-6-5-13-12(18)9-1-3-10(4-2-9)14-7-11-8-19-16-15-11/h1-4,8,14,17H,5-7H2,(H,13,18). The summed E-state index contributed by atoms with van der Waals surface area (Å²) in [5, 5.41) is 20.2. The second kappa shape index (κ2) is 6.81. The number of hydrogen-bond donors (Lipinski definition) is 3. The Morgan fingerprint density at radius 1 is 1.32 bits per heavy atom. The van der Waals surface area contributed by atoms with Crippen LogP contribution in [0.25, 0.3) is 0 Å². The van der Waals surface area contributed by atoms with Gasteiger partial charge >= 0.3 is 0 Å². The van der Waals surface area contributed by atoms with Gasteiger partial charge in [0.2, 0.25) is 0 Å². The first-order chi connectivity index (χ1) is 9.29. The molecule has 2 rings (SSSR count). The summed E-state index contributed by atoms with van der Waals surface area (Å²) in [6.45, 7) is 0.801. The smallest absolute Gasteiger partial charge is 0.251 e. The summed E-state index contributed by atoms with van der Waals surface area (Å²) in [6, 6.07) is 7.12. The Balaban J connectivity index is 1.89. The van der Waals surface area contributed by atoms with Crippen LogP contribution in [0.4, 0.5) is 5.69 Å². The highest BCUT2D eigenvalue weighted by molar-refractivity contribution is 7.03. The molecule has 1 heterocycles. The molecule has 0 radical (unpaired) electrons. The molecule has 6 nitrogen and oxygen atoms in total. The molecule has 0 aliphatic rings. The number of anilines is 1. The molecule has 0 saturated carbocycles. The van der Waals surface area contributed by atoms with Crippen LogP contribution in [0.3, 0.4) is 0 Å². The number of carbonyl (C=O) groups excluding carboxylic acids is 1. The summed E-state index contributed by atoms with van der Waals surface area (Å²) in [6.07, 6.45) is 0. The van der Waals surface area contributed by atoms with Gasteiger partial charge in [0, 0.05) is 23.2 Å². The average molecular weight is 278 g/mol. The van der Waals surface area contributed by atoms with E-state index in [1.165, 1.54) is 11.5 Å². The van der Waals surface area contributed by atoms with Crippen molar-refractivity contribution in [2.24, 2.45) is 0 Å². The van der Waals surface area contributed by atoms with Crippen LogP contribution in [0.5, 0.6) is 0 Å². The fourth-order valence-electron chi connectivity index (χ4n) is 1.46. The molecular formula is C12H14N4O2S. The largest absolute Gasteiger partial charge is 0.395 e. The molecule has 1 amide bonds. The number of rotatable bonds is 6. The summed E-state index contributed by atoms with van der Waals surface area (Å²) in [5.41, 5.74) is 2.36. The molecule has 0 fully saturated rings. The Hall–Kier alpha value is -1.99. The van der Waals surface area contributed by atoms with Crippen LogP contribution in [0.2, 0.25) is 0 Å². The molecule has 0 bridgehead atoms. The number of hydrogen-bond acceptors (Lipinski definition) is 6. The molecule has 0 atom stereocenters. The van der Waals surface area contributed by atoms with Gasteiger partial charge < -0.3 is 15.7 Å². The van der Waals surface area contributed by atoms with Gasteiger partial charge in [-0.3, -0.25) is 4.79 Å². The van der Waals surface area contributed by atoms with Gasteiger partial charge in [-0.05, 0) is 35.8 Å². The van der Waals surface area contributed by atoms with Crippen LogP contribution in [0.15, 0.2) is 29.6 Å². The van der Waals surface area contributed by atoms with Gasteiger partial charge in [0.25, 0.3) is 5.91 Å². The fourth-order valence-corrected chi connectivity index (χ4v) is 1.92. The number of aliphatic hydroxyl groups excluding tert-OH is 1. The fraction of sp³-hybridized carbons (Fsp3) is 0.250. The number of carbonyl (C=O) groups is 1. The molecule has 7 heteroatoms. The van der Waals surface area contributed by atoms with Crippen LogP contribution in [0, 0.1) is 0 Å². The third-order valence-electron chi connectivity index (χ3n) is 2.42. The van der Waals surface area contributed by atoms with E-state index in [1.54, 1.807) is 12.1 Å². The molecule has 2 aromatic rings. The van der Waals surface area contributed by atoms with Crippen molar-refractivity contribution in [3.63, 3.8) is 0 Å². The van der Waals surface area contributed by atoms with Gasteiger partial charge in [-0.2, -0.15) is 0 Å². The summed E-state index contributed by atoms with van der Waals surface area (Å²) in [7, 11) is 0. The van der Waals surface area contributed by atoms with Crippen molar-refractivity contribution in [2.75, 3.05) is 18.5 Å². The number of amides is 1. The monoisotopic (exact) mass is 278 g/mol. The van der Waals surface area contributed by atoms with E-state index in [-0.39, 0.29) is 19.1 Å². The quantitative estimate of drug-likeness (QED) is 0.730. The topological polar surface area (TPSA) is 87.1 Å². The zero-order chi connectivity index (χ0) is 13.5. The van der Waals surface area contributed by atoms with Crippen molar-refractivity contribution < 1.29 is 9.90 Å². The molecule has 0 spiro atoms. The highest BCUT2D eigenvalue weighted by Crippen LogP contribution is 2.11. The Labute approximate surface area is 114 Å². The van der Waals surface area contributed by atoms with Gasteiger partial charge in [-0.25, -0.2) is 0 Å². The highest BCUT2D eigenvalue weighted by Gasteiger charge is 2.04. The average Bonchev–Trinajstić information content (AvgIpc) is 2.96. The molecule has 1 aromatic carbocycles. The van der Waals surface area contributed by atoms with Gasteiger partial charge in [0.05, 0.1) is 18.8 Å². The molecule has 0 aliphatic carbocycles. The highest BCUT2D eigenvalue weighted by atomic mass is 32.1. The minimum Gasteiger partial charge on any atom is -0.395 e. The minimum atomic E-state index is -0.190. The van der Waals surface area contributed by atoms with Crippen LogP contribution in [0.1, 0.15) is 16.1 Å². The van der Waals surface area contributed by atoms with Crippen molar-refractivity contribution in [2.45, 2.75) is 6.54 Å². The van der Waals surface area contributed by atoms with E-state index in [1.807, 2.05) is 17.5 Å². The van der Waals surface area contributed by atoms with Gasteiger partial charge in [-0.1, -0.05) is 4.49 Å². The second-order valence-corrected chi connectivity index (χ2v) is 4.42. The minimum absolute atomic E-state index is 0.0624. The predicted molar refractivity (Wildman–Crippen MR) is 73.1 cm³/mol. The van der Waals surface area contributed by atoms with Gasteiger partial charge in [0.1, 0.15) is 0 Å². The molecule has 1 aromatic heterocycles. The zero-order valence-corrected chi connectivity index (χ0v) is 11.0. The molecule has 0 saturated heterocycles. The number of benzene rings is 1. The number of aliphatic hydroxyl groups is 1. The molecular weight excluding hydrogens is 264 g/mol. The van der Waals surface area contributed by atoms with E-state index in [2.05, 4.69) is 20.2 Å². The molecule has 0 unspecified atom stereocenters. The first-order valence-corrected chi connectivity index (χ1v) is 6.62. The lowest BCUT2D eigenvalue weighted by molar-refractivity contribution is 0.0945. The third-order valence-corrected chi connectivity index (χ3v) is 2.98. The SMILES string of the molecule is O=C(NCCO)c1ccc(NCc2csnn2)cc1. The summed E-state index contributed by atoms with van der Waals surface area (Å²) in [5.74, 6) is -0.190. The third kappa shape index (κ3) is 4.01. The number of nitrogens with one attached hydrogen (secondary N) is 2. The van der Waals surface area contributed by atoms with Crippen molar-refractivity contribution in [3.8, 4) is 0 Å². The van der Waals surface area contributed by atoms with E-state index >= 15 is 0 Å². The molecule has 3 N–H and O–H groups in total. The Morgan fingerprint density at radius 2 is 2.11 bits per heavy atom. The van der Waals surface area contributed by atoms with Crippen molar-refractivity contribution in [1.82, 2.24) is 14.9 Å². The lowest BCUT2D eigenvalue weighted by Crippen LogP contribution is -2.26. The Kier molecular flexibility index (Phi) is 4.82. The van der Waals surface area contributed by atoms with Crippen molar-refractivity contribution >= 4 is 23.1 Å². The zero-order valence-electron chi connectivity index (χ0n) is 10.2. The number of aromatic nitrogens is 2. The van der Waals surface area contributed by atoms with Crippen LogP contribution >= 0.6 is 11.5 Å². The number of nitrogens with zero attached hydrogens (tertiary/aromatic N) is 2. The first-order valence-electron chi connectivity index (χ1n) is 5.78. The van der Waals surface area contributed by atoms with E-state index in [9.17, 15) is 4.79 Å². The van der Waals surface area contributed by atoms with Crippen molar-refractivity contribution in [3.05, 3.63) is 40.9 Å². The van der Waals surface area contributed by atoms with Crippen LogP contribution < -0.4 is 10.6 Å². The summed E-state index contributed by atoms with van der Waals surface area (Å²) >= 11 is 1.31. The maximum absolute atomic E-state index is 11.6. The maximum Gasteiger partial charge on any atom is 0.251 e. The summed E-state index contributed by atoms with van der Waals surface area (Å²) < 4.78 is 3.78. The van der Waals surface area contributed by atoms with E-state index < -0.39 is 0 Å². The molecule has 0 aliphatic heterocycles. The van der Waals surface area contributed by atoms with Gasteiger partial charge in [0.15, 0.2) is 0 Å². The maximum atomic E-state index is 11.6. The second-order valence-electron chi connectivity index (χ2n) is 3.81. The molecule has 19 heavy (non-hydrogen) atoms.